The van der Waals surface area contributed by atoms with E-state index in [2.05, 4.69) is 35.4 Å². The number of rotatable bonds is 5. The van der Waals surface area contributed by atoms with E-state index in [4.69, 9.17) is 5.11 Å². The lowest BCUT2D eigenvalue weighted by molar-refractivity contribution is 0.267. The molecule has 3 heteroatoms. The summed E-state index contributed by atoms with van der Waals surface area (Å²) in [6.45, 7) is 3.14. The van der Waals surface area contributed by atoms with Gasteiger partial charge in [-0.1, -0.05) is 31.2 Å². The van der Waals surface area contributed by atoms with Crippen molar-refractivity contribution in [3.8, 4) is 0 Å². The molecule has 1 aromatic carbocycles. The third-order valence-electron chi connectivity index (χ3n) is 2.91. The van der Waals surface area contributed by atoms with Crippen LogP contribution in [0.1, 0.15) is 24.9 Å². The van der Waals surface area contributed by atoms with Crippen LogP contribution >= 0.6 is 0 Å². The summed E-state index contributed by atoms with van der Waals surface area (Å²) in [5.41, 5.74) is 2.19. The summed E-state index contributed by atoms with van der Waals surface area (Å²) in [5.74, 6) is 0. The number of aliphatic hydroxyl groups excluding tert-OH is 1. The highest BCUT2D eigenvalue weighted by Gasteiger charge is 2.13. The van der Waals surface area contributed by atoms with E-state index in [9.17, 15) is 0 Å². The first-order chi connectivity index (χ1) is 8.36. The molecule has 1 atom stereocenters. The van der Waals surface area contributed by atoms with Gasteiger partial charge in [0, 0.05) is 24.2 Å². The number of nitrogens with one attached hydrogen (secondary N) is 1. The molecule has 17 heavy (non-hydrogen) atoms. The molecule has 0 aliphatic carbocycles. The van der Waals surface area contributed by atoms with E-state index in [0.29, 0.717) is 6.42 Å². The van der Waals surface area contributed by atoms with Crippen molar-refractivity contribution in [2.45, 2.75) is 19.4 Å². The minimum atomic E-state index is 0.170. The third kappa shape index (κ3) is 2.62. The van der Waals surface area contributed by atoms with E-state index in [0.717, 1.165) is 17.4 Å². The summed E-state index contributed by atoms with van der Waals surface area (Å²) >= 11 is 0. The van der Waals surface area contributed by atoms with Crippen molar-refractivity contribution in [2.24, 2.45) is 0 Å². The molecule has 90 valence electrons. The average molecular weight is 230 g/mol. The predicted octanol–water partition coefficient (Wildman–Crippen LogP) is 2.27. The first-order valence-corrected chi connectivity index (χ1v) is 6.04. The van der Waals surface area contributed by atoms with Crippen molar-refractivity contribution in [1.82, 2.24) is 10.3 Å². The number of fused-ring (bicyclic) bond motifs is 1. The molecule has 1 heterocycles. The SMILES string of the molecule is CCNC(CCO)c1cccc2cccnc12. The second-order valence-corrected chi connectivity index (χ2v) is 4.04. The van der Waals surface area contributed by atoms with Crippen LogP contribution in [0.15, 0.2) is 36.5 Å². The number of hydrogen-bond donors (Lipinski definition) is 2. The molecule has 1 unspecified atom stereocenters. The van der Waals surface area contributed by atoms with Crippen molar-refractivity contribution in [3.63, 3.8) is 0 Å². The Morgan fingerprint density at radius 2 is 2.12 bits per heavy atom. The fraction of sp³-hybridized carbons (Fsp3) is 0.357. The summed E-state index contributed by atoms with van der Waals surface area (Å²) < 4.78 is 0. The number of para-hydroxylation sites is 1. The van der Waals surface area contributed by atoms with Crippen molar-refractivity contribution in [2.75, 3.05) is 13.2 Å². The van der Waals surface area contributed by atoms with E-state index >= 15 is 0 Å². The number of benzene rings is 1. The van der Waals surface area contributed by atoms with Gasteiger partial charge >= 0.3 is 0 Å². The maximum atomic E-state index is 9.14. The molecule has 0 saturated carbocycles. The Morgan fingerprint density at radius 3 is 2.88 bits per heavy atom. The maximum absolute atomic E-state index is 9.14. The molecule has 0 radical (unpaired) electrons. The van der Waals surface area contributed by atoms with Gasteiger partial charge in [-0.15, -0.1) is 0 Å². The molecule has 3 nitrogen and oxygen atoms in total. The van der Waals surface area contributed by atoms with Crippen LogP contribution in [0.3, 0.4) is 0 Å². The smallest absolute Gasteiger partial charge is 0.0749 e. The van der Waals surface area contributed by atoms with E-state index in [1.165, 1.54) is 5.56 Å². The Balaban J connectivity index is 2.44. The van der Waals surface area contributed by atoms with Gasteiger partial charge in [-0.3, -0.25) is 4.98 Å². The molecule has 0 aliphatic rings. The third-order valence-corrected chi connectivity index (χ3v) is 2.91. The lowest BCUT2D eigenvalue weighted by Crippen LogP contribution is -2.22. The molecule has 2 aromatic rings. The summed E-state index contributed by atoms with van der Waals surface area (Å²) in [5, 5.41) is 13.7. The van der Waals surface area contributed by atoms with Crippen LogP contribution in [0.2, 0.25) is 0 Å². The fourth-order valence-corrected chi connectivity index (χ4v) is 2.15. The van der Waals surface area contributed by atoms with Gasteiger partial charge in [0.15, 0.2) is 0 Å². The van der Waals surface area contributed by atoms with Crippen LogP contribution in [0.5, 0.6) is 0 Å². The number of pyridine rings is 1. The van der Waals surface area contributed by atoms with Gasteiger partial charge in [0.2, 0.25) is 0 Å². The van der Waals surface area contributed by atoms with Crippen LogP contribution in [0, 0.1) is 0 Å². The summed E-state index contributed by atoms with van der Waals surface area (Å²) in [6, 6.07) is 10.4. The highest BCUT2D eigenvalue weighted by Crippen LogP contribution is 2.24. The Hall–Kier alpha value is -1.45. The van der Waals surface area contributed by atoms with Crippen LogP contribution in [-0.4, -0.2) is 23.2 Å². The number of aromatic nitrogens is 1. The van der Waals surface area contributed by atoms with Gasteiger partial charge in [0.1, 0.15) is 0 Å². The second-order valence-electron chi connectivity index (χ2n) is 4.04. The Labute approximate surface area is 102 Å². The van der Waals surface area contributed by atoms with Crippen LogP contribution < -0.4 is 5.32 Å². The molecule has 2 rings (SSSR count). The zero-order valence-electron chi connectivity index (χ0n) is 10.1. The molecule has 0 spiro atoms. The highest BCUT2D eigenvalue weighted by molar-refractivity contribution is 5.81. The van der Waals surface area contributed by atoms with Crippen LogP contribution in [0.4, 0.5) is 0 Å². The molecule has 0 fully saturated rings. The largest absolute Gasteiger partial charge is 0.396 e. The zero-order valence-corrected chi connectivity index (χ0v) is 10.1. The topological polar surface area (TPSA) is 45.1 Å². The summed E-state index contributed by atoms with van der Waals surface area (Å²) in [7, 11) is 0. The van der Waals surface area contributed by atoms with Gasteiger partial charge in [0.25, 0.3) is 0 Å². The Morgan fingerprint density at radius 1 is 1.29 bits per heavy atom. The summed E-state index contributed by atoms with van der Waals surface area (Å²) in [6.07, 6.45) is 2.53. The van der Waals surface area contributed by atoms with Gasteiger partial charge in [-0.05, 0) is 24.6 Å². The quantitative estimate of drug-likeness (QED) is 0.828. The van der Waals surface area contributed by atoms with Crippen molar-refractivity contribution in [3.05, 3.63) is 42.1 Å². The molecule has 2 N–H and O–H groups in total. The lowest BCUT2D eigenvalue weighted by Gasteiger charge is -2.18. The zero-order chi connectivity index (χ0) is 12.1. The van der Waals surface area contributed by atoms with E-state index < -0.39 is 0 Å². The van der Waals surface area contributed by atoms with Crippen molar-refractivity contribution >= 4 is 10.9 Å². The van der Waals surface area contributed by atoms with Crippen LogP contribution in [0.25, 0.3) is 10.9 Å². The highest BCUT2D eigenvalue weighted by atomic mass is 16.3. The molecule has 0 aliphatic heterocycles. The standard InChI is InChI=1S/C14H18N2O/c1-2-15-13(8-10-17)12-7-3-5-11-6-4-9-16-14(11)12/h3-7,9,13,15,17H,2,8,10H2,1H3. The second kappa shape index (κ2) is 5.75. The number of aliphatic hydroxyl groups is 1. The van der Waals surface area contributed by atoms with Gasteiger partial charge in [-0.25, -0.2) is 0 Å². The Kier molecular flexibility index (Phi) is 4.07. The minimum absolute atomic E-state index is 0.170. The molecular weight excluding hydrogens is 212 g/mol. The molecule has 0 bridgehead atoms. The molecular formula is C14H18N2O. The monoisotopic (exact) mass is 230 g/mol. The number of nitrogens with zero attached hydrogens (tertiary/aromatic N) is 1. The van der Waals surface area contributed by atoms with Crippen LogP contribution in [-0.2, 0) is 0 Å². The normalized spacial score (nSPS) is 12.8. The lowest BCUT2D eigenvalue weighted by atomic mass is 10.0. The molecule has 1 aromatic heterocycles. The van der Waals surface area contributed by atoms with Crippen molar-refractivity contribution < 1.29 is 5.11 Å². The first-order valence-electron chi connectivity index (χ1n) is 6.04. The van der Waals surface area contributed by atoms with E-state index in [-0.39, 0.29) is 12.6 Å². The van der Waals surface area contributed by atoms with Gasteiger partial charge in [-0.2, -0.15) is 0 Å². The molecule has 0 saturated heterocycles. The molecule has 0 amide bonds. The number of hydrogen-bond acceptors (Lipinski definition) is 3. The maximum Gasteiger partial charge on any atom is 0.0749 e. The van der Waals surface area contributed by atoms with Gasteiger partial charge < -0.3 is 10.4 Å². The minimum Gasteiger partial charge on any atom is -0.396 e. The van der Waals surface area contributed by atoms with Crippen molar-refractivity contribution in [1.29, 1.82) is 0 Å². The first kappa shape index (κ1) is 12.0. The fourth-order valence-electron chi connectivity index (χ4n) is 2.15. The van der Waals surface area contributed by atoms with E-state index in [1.807, 2.05) is 18.3 Å². The summed E-state index contributed by atoms with van der Waals surface area (Å²) in [4.78, 5) is 4.44. The van der Waals surface area contributed by atoms with E-state index in [1.54, 1.807) is 0 Å². The predicted molar refractivity (Wildman–Crippen MR) is 69.9 cm³/mol. The van der Waals surface area contributed by atoms with Gasteiger partial charge in [0.05, 0.1) is 5.52 Å². The average Bonchev–Trinajstić information content (AvgIpc) is 2.38. The Bertz CT molecular complexity index is 473.